The lowest BCUT2D eigenvalue weighted by molar-refractivity contribution is -0.115. The van der Waals surface area contributed by atoms with Crippen molar-refractivity contribution >= 4 is 17.4 Å². The second-order valence-electron chi connectivity index (χ2n) is 6.45. The zero-order chi connectivity index (χ0) is 19.6. The van der Waals surface area contributed by atoms with Crippen LogP contribution in [0.15, 0.2) is 41.5 Å². The van der Waals surface area contributed by atoms with E-state index in [2.05, 4.69) is 20.4 Å². The van der Waals surface area contributed by atoms with Crippen LogP contribution < -0.4 is 15.8 Å². The van der Waals surface area contributed by atoms with Crippen molar-refractivity contribution in [2.24, 2.45) is 0 Å². The third kappa shape index (κ3) is 3.74. The molecule has 0 bridgehead atoms. The third-order valence-electron chi connectivity index (χ3n) is 4.30. The number of nitrogens with one attached hydrogen (secondary N) is 2. The number of benzene rings is 1. The van der Waals surface area contributed by atoms with E-state index in [9.17, 15) is 9.59 Å². The van der Waals surface area contributed by atoms with E-state index in [1.807, 2.05) is 48.9 Å². The van der Waals surface area contributed by atoms with Crippen molar-refractivity contribution in [2.75, 3.05) is 24.3 Å². The summed E-state index contributed by atoms with van der Waals surface area (Å²) in [5.74, 6) is 0.107. The molecule has 0 fully saturated rings. The van der Waals surface area contributed by atoms with Gasteiger partial charge in [0.25, 0.3) is 5.56 Å². The number of nitrogens with zero attached hydrogens (tertiary/aromatic N) is 4. The number of rotatable bonds is 5. The highest BCUT2D eigenvalue weighted by molar-refractivity contribution is 5.94. The fourth-order valence-electron chi connectivity index (χ4n) is 2.94. The highest BCUT2D eigenvalue weighted by atomic mass is 16.2. The number of para-hydroxylation sites is 1. The summed E-state index contributed by atoms with van der Waals surface area (Å²) in [5.41, 5.74) is 3.18. The first kappa shape index (κ1) is 18.4. The molecule has 0 aliphatic rings. The second-order valence-corrected chi connectivity index (χ2v) is 6.45. The Morgan fingerprint density at radius 3 is 2.59 bits per heavy atom. The molecule has 0 radical (unpaired) electrons. The molecule has 2 heterocycles. The van der Waals surface area contributed by atoms with Gasteiger partial charge in [-0.2, -0.15) is 5.10 Å². The van der Waals surface area contributed by atoms with Gasteiger partial charge in [-0.25, -0.2) is 9.67 Å². The molecule has 1 aromatic carbocycles. The molecule has 27 heavy (non-hydrogen) atoms. The minimum Gasteiger partial charge on any atom is -0.361 e. The summed E-state index contributed by atoms with van der Waals surface area (Å²) in [7, 11) is 3.52. The fourth-order valence-corrected chi connectivity index (χ4v) is 2.94. The van der Waals surface area contributed by atoms with Crippen molar-refractivity contribution in [2.45, 2.75) is 20.3 Å². The number of carbonyl (C=O) groups excluding carboxylic acids is 1. The predicted octanol–water partition coefficient (Wildman–Crippen LogP) is 1.82. The van der Waals surface area contributed by atoms with Crippen LogP contribution in [0.4, 0.5) is 11.5 Å². The van der Waals surface area contributed by atoms with Crippen LogP contribution in [0.5, 0.6) is 0 Å². The van der Waals surface area contributed by atoms with Gasteiger partial charge in [0.1, 0.15) is 0 Å². The van der Waals surface area contributed by atoms with E-state index in [1.165, 1.54) is 6.33 Å². The topological polar surface area (TPSA) is 95.9 Å². The molecule has 2 aromatic heterocycles. The van der Waals surface area contributed by atoms with E-state index < -0.39 is 5.56 Å². The maximum absolute atomic E-state index is 12.6. The Bertz CT molecular complexity index is 1020. The van der Waals surface area contributed by atoms with Crippen LogP contribution in [0.2, 0.25) is 0 Å². The van der Waals surface area contributed by atoms with Gasteiger partial charge in [0.05, 0.1) is 24.1 Å². The van der Waals surface area contributed by atoms with Gasteiger partial charge in [0, 0.05) is 25.4 Å². The maximum atomic E-state index is 12.6. The lowest BCUT2D eigenvalue weighted by atomic mass is 10.1. The smallest absolute Gasteiger partial charge is 0.276 e. The molecule has 0 atom stereocenters. The van der Waals surface area contributed by atoms with Gasteiger partial charge in [-0.1, -0.05) is 18.2 Å². The van der Waals surface area contributed by atoms with Crippen LogP contribution >= 0.6 is 0 Å². The van der Waals surface area contributed by atoms with Gasteiger partial charge < -0.3 is 15.2 Å². The lowest BCUT2D eigenvalue weighted by Gasteiger charge is -2.15. The second kappa shape index (κ2) is 7.45. The van der Waals surface area contributed by atoms with E-state index in [4.69, 9.17) is 0 Å². The Morgan fingerprint density at radius 2 is 1.93 bits per heavy atom. The van der Waals surface area contributed by atoms with E-state index >= 15 is 0 Å². The normalized spacial score (nSPS) is 10.7. The van der Waals surface area contributed by atoms with Crippen LogP contribution in [-0.2, 0) is 11.2 Å². The third-order valence-corrected chi connectivity index (χ3v) is 4.30. The molecular weight excluding hydrogens is 344 g/mol. The summed E-state index contributed by atoms with van der Waals surface area (Å²) >= 11 is 0. The van der Waals surface area contributed by atoms with Crippen LogP contribution in [0.3, 0.4) is 0 Å². The molecule has 0 aliphatic heterocycles. The van der Waals surface area contributed by atoms with Crippen molar-refractivity contribution in [3.8, 4) is 5.69 Å². The maximum Gasteiger partial charge on any atom is 0.276 e. The summed E-state index contributed by atoms with van der Waals surface area (Å²) < 4.78 is 1.82. The molecule has 8 heteroatoms. The summed E-state index contributed by atoms with van der Waals surface area (Å²) in [6.07, 6.45) is 1.43. The number of hydrogen-bond acceptors (Lipinski definition) is 5. The van der Waals surface area contributed by atoms with Crippen molar-refractivity contribution in [3.63, 3.8) is 0 Å². The number of aromatic nitrogens is 4. The van der Waals surface area contributed by atoms with Crippen LogP contribution in [-0.4, -0.2) is 39.8 Å². The summed E-state index contributed by atoms with van der Waals surface area (Å²) in [6.45, 7) is 3.80. The molecule has 0 unspecified atom stereocenters. The number of H-pyrrole nitrogens is 1. The highest BCUT2D eigenvalue weighted by Gasteiger charge is 2.18. The Kier molecular flexibility index (Phi) is 5.07. The molecule has 0 saturated carbocycles. The van der Waals surface area contributed by atoms with Gasteiger partial charge in [-0.15, -0.1) is 0 Å². The zero-order valence-corrected chi connectivity index (χ0v) is 15.8. The Balaban J connectivity index is 1.86. The lowest BCUT2D eigenvalue weighted by Crippen LogP contribution is -2.26. The Labute approximate surface area is 156 Å². The molecule has 8 nitrogen and oxygen atoms in total. The molecule has 0 spiro atoms. The average molecular weight is 366 g/mol. The minimum absolute atomic E-state index is 0.117. The summed E-state index contributed by atoms with van der Waals surface area (Å²) in [4.78, 5) is 33.0. The largest absolute Gasteiger partial charge is 0.361 e. The average Bonchev–Trinajstić information content (AvgIpc) is 2.92. The fraction of sp³-hybridized carbons (Fsp3) is 0.263. The number of anilines is 2. The standard InChI is InChI=1S/C19H22N6O2/c1-12-15(13(2)25(23-12)14-8-6-5-7-9-14)10-16(26)22-17-18(24(3)4)20-11-21-19(17)27/h5-9,11H,10H2,1-4H3,(H,22,26)(H,20,21,27). The number of aromatic amines is 1. The van der Waals surface area contributed by atoms with Gasteiger partial charge >= 0.3 is 0 Å². The van der Waals surface area contributed by atoms with Gasteiger partial charge in [0.15, 0.2) is 11.5 Å². The van der Waals surface area contributed by atoms with Crippen LogP contribution in [0.25, 0.3) is 5.69 Å². The molecule has 0 aliphatic carbocycles. The SMILES string of the molecule is Cc1nn(-c2ccccc2)c(C)c1CC(=O)Nc1c(N(C)C)nc[nH]c1=O. The van der Waals surface area contributed by atoms with E-state index in [1.54, 1.807) is 19.0 Å². The first-order valence-corrected chi connectivity index (χ1v) is 8.54. The van der Waals surface area contributed by atoms with Gasteiger partial charge in [-0.05, 0) is 26.0 Å². The molecule has 2 N–H and O–H groups in total. The van der Waals surface area contributed by atoms with Gasteiger partial charge in [-0.3, -0.25) is 9.59 Å². The van der Waals surface area contributed by atoms with Crippen molar-refractivity contribution in [1.82, 2.24) is 19.7 Å². The van der Waals surface area contributed by atoms with Crippen molar-refractivity contribution in [1.29, 1.82) is 0 Å². The summed E-state index contributed by atoms with van der Waals surface area (Å²) in [5, 5.41) is 7.24. The minimum atomic E-state index is -0.393. The molecule has 3 rings (SSSR count). The molecular formula is C19H22N6O2. The first-order valence-electron chi connectivity index (χ1n) is 8.54. The van der Waals surface area contributed by atoms with Crippen molar-refractivity contribution in [3.05, 3.63) is 64.0 Å². The first-order chi connectivity index (χ1) is 12.9. The van der Waals surface area contributed by atoms with Crippen LogP contribution in [0, 0.1) is 13.8 Å². The van der Waals surface area contributed by atoms with E-state index in [-0.39, 0.29) is 18.0 Å². The van der Waals surface area contributed by atoms with E-state index in [0.29, 0.717) is 5.82 Å². The number of amides is 1. The van der Waals surface area contributed by atoms with Gasteiger partial charge in [0.2, 0.25) is 5.91 Å². The highest BCUT2D eigenvalue weighted by Crippen LogP contribution is 2.20. The molecule has 1 amide bonds. The summed E-state index contributed by atoms with van der Waals surface area (Å²) in [6, 6.07) is 9.74. The number of hydrogen-bond donors (Lipinski definition) is 2. The zero-order valence-electron chi connectivity index (χ0n) is 15.8. The Hall–Kier alpha value is -3.42. The Morgan fingerprint density at radius 1 is 1.22 bits per heavy atom. The van der Waals surface area contributed by atoms with Crippen molar-refractivity contribution < 1.29 is 4.79 Å². The molecule has 140 valence electrons. The monoisotopic (exact) mass is 366 g/mol. The predicted molar refractivity (Wildman–Crippen MR) is 105 cm³/mol. The van der Waals surface area contributed by atoms with Crippen LogP contribution in [0.1, 0.15) is 17.0 Å². The molecule has 0 saturated heterocycles. The quantitative estimate of drug-likeness (QED) is 0.718. The molecule has 3 aromatic rings. The number of carbonyl (C=O) groups is 1. The van der Waals surface area contributed by atoms with E-state index in [0.717, 1.165) is 22.6 Å². The number of aryl methyl sites for hydroxylation is 1.